The summed E-state index contributed by atoms with van der Waals surface area (Å²) in [5, 5.41) is 11.0. The molecule has 0 saturated carbocycles. The zero-order valence-corrected chi connectivity index (χ0v) is 17.1. The first kappa shape index (κ1) is 20.3. The molecule has 1 fully saturated rings. The SMILES string of the molecule is CN=C(NCc1cc(C(C)C)no1)N1CCN(S(=O)(=O)Cc2ccon2)CC1. The standard InChI is InChI=1S/C17H26N6O4S/c1-13(2)16-10-15(27-21-16)11-19-17(18-3)22-5-7-23(8-6-22)28(24,25)12-14-4-9-26-20-14/h4,9-10,13H,5-8,11-12H2,1-3H3,(H,18,19). The summed E-state index contributed by atoms with van der Waals surface area (Å²) in [6, 6.07) is 3.49. The predicted octanol–water partition coefficient (Wildman–Crippen LogP) is 1.01. The van der Waals surface area contributed by atoms with E-state index in [1.807, 2.05) is 11.0 Å². The molecule has 10 nitrogen and oxygen atoms in total. The Balaban J connectivity index is 1.52. The molecule has 1 aliphatic heterocycles. The summed E-state index contributed by atoms with van der Waals surface area (Å²) in [5.74, 6) is 1.60. The summed E-state index contributed by atoms with van der Waals surface area (Å²) in [6.45, 7) is 6.46. The third-order valence-corrected chi connectivity index (χ3v) is 6.37. The predicted molar refractivity (Wildman–Crippen MR) is 103 cm³/mol. The Morgan fingerprint density at radius 3 is 2.61 bits per heavy atom. The molecule has 0 aromatic carbocycles. The van der Waals surface area contributed by atoms with Crippen LogP contribution in [0.25, 0.3) is 0 Å². The lowest BCUT2D eigenvalue weighted by atomic mass is 10.1. The van der Waals surface area contributed by atoms with E-state index in [4.69, 9.17) is 9.05 Å². The zero-order chi connectivity index (χ0) is 20.1. The van der Waals surface area contributed by atoms with E-state index in [1.165, 1.54) is 10.6 Å². The molecule has 2 aromatic heterocycles. The minimum Gasteiger partial charge on any atom is -0.364 e. The van der Waals surface area contributed by atoms with Crippen molar-refractivity contribution in [1.82, 2.24) is 24.8 Å². The van der Waals surface area contributed by atoms with Crippen molar-refractivity contribution >= 4 is 16.0 Å². The van der Waals surface area contributed by atoms with Gasteiger partial charge in [-0.15, -0.1) is 0 Å². The highest BCUT2D eigenvalue weighted by Crippen LogP contribution is 2.15. The fourth-order valence-corrected chi connectivity index (χ4v) is 4.38. The minimum atomic E-state index is -3.42. The second-order valence-electron chi connectivity index (χ2n) is 6.91. The summed E-state index contributed by atoms with van der Waals surface area (Å²) in [4.78, 5) is 6.33. The molecule has 1 saturated heterocycles. The van der Waals surface area contributed by atoms with Crippen LogP contribution in [0.1, 0.15) is 36.9 Å². The number of aliphatic imine (C=N–C) groups is 1. The quantitative estimate of drug-likeness (QED) is 0.554. The third kappa shape index (κ3) is 4.90. The number of aromatic nitrogens is 2. The molecule has 28 heavy (non-hydrogen) atoms. The van der Waals surface area contributed by atoms with Crippen LogP contribution in [0, 0.1) is 0 Å². The van der Waals surface area contributed by atoms with E-state index >= 15 is 0 Å². The first-order valence-electron chi connectivity index (χ1n) is 9.17. The second-order valence-corrected chi connectivity index (χ2v) is 8.88. The summed E-state index contributed by atoms with van der Waals surface area (Å²) in [7, 11) is -1.72. The maximum atomic E-state index is 12.5. The summed E-state index contributed by atoms with van der Waals surface area (Å²) >= 11 is 0. The number of hydrogen-bond acceptors (Lipinski definition) is 7. The number of piperazine rings is 1. The molecule has 0 radical (unpaired) electrons. The molecule has 0 aliphatic carbocycles. The molecule has 1 aliphatic rings. The molecule has 0 atom stereocenters. The lowest BCUT2D eigenvalue weighted by molar-refractivity contribution is 0.259. The van der Waals surface area contributed by atoms with Crippen molar-refractivity contribution in [1.29, 1.82) is 0 Å². The fraction of sp³-hybridized carbons (Fsp3) is 0.588. The lowest BCUT2D eigenvalue weighted by Gasteiger charge is -2.35. The first-order chi connectivity index (χ1) is 13.4. The van der Waals surface area contributed by atoms with Crippen LogP contribution in [0.5, 0.6) is 0 Å². The second kappa shape index (κ2) is 8.74. The van der Waals surface area contributed by atoms with Gasteiger partial charge in [0.2, 0.25) is 10.0 Å². The number of hydrogen-bond donors (Lipinski definition) is 1. The highest BCUT2D eigenvalue weighted by Gasteiger charge is 2.29. The van der Waals surface area contributed by atoms with Crippen molar-refractivity contribution < 1.29 is 17.5 Å². The van der Waals surface area contributed by atoms with Crippen LogP contribution in [0.3, 0.4) is 0 Å². The maximum absolute atomic E-state index is 12.5. The number of guanidine groups is 1. The van der Waals surface area contributed by atoms with Gasteiger partial charge < -0.3 is 19.3 Å². The van der Waals surface area contributed by atoms with Crippen LogP contribution in [0.2, 0.25) is 0 Å². The molecular weight excluding hydrogens is 384 g/mol. The number of sulfonamides is 1. The van der Waals surface area contributed by atoms with Crippen LogP contribution in [-0.4, -0.2) is 67.1 Å². The largest absolute Gasteiger partial charge is 0.364 e. The minimum absolute atomic E-state index is 0.153. The molecule has 0 bridgehead atoms. The molecule has 2 aromatic rings. The molecule has 0 amide bonds. The fourth-order valence-electron chi connectivity index (χ4n) is 2.95. The monoisotopic (exact) mass is 410 g/mol. The molecular formula is C17H26N6O4S. The summed E-state index contributed by atoms with van der Waals surface area (Å²) in [6.07, 6.45) is 1.37. The van der Waals surface area contributed by atoms with Gasteiger partial charge in [0.15, 0.2) is 11.7 Å². The Hall–Kier alpha value is -2.40. The zero-order valence-electron chi connectivity index (χ0n) is 16.3. The Morgan fingerprint density at radius 1 is 1.29 bits per heavy atom. The van der Waals surface area contributed by atoms with E-state index in [0.29, 0.717) is 50.3 Å². The van der Waals surface area contributed by atoms with Crippen molar-refractivity contribution in [2.75, 3.05) is 33.2 Å². The van der Waals surface area contributed by atoms with Gasteiger partial charge in [-0.1, -0.05) is 24.2 Å². The maximum Gasteiger partial charge on any atom is 0.220 e. The Morgan fingerprint density at radius 2 is 2.04 bits per heavy atom. The highest BCUT2D eigenvalue weighted by atomic mass is 32.2. The topological polar surface area (TPSA) is 117 Å². The number of nitrogens with zero attached hydrogens (tertiary/aromatic N) is 5. The van der Waals surface area contributed by atoms with Crippen LogP contribution in [-0.2, 0) is 22.3 Å². The van der Waals surface area contributed by atoms with Crippen molar-refractivity contribution in [3.8, 4) is 0 Å². The Kier molecular flexibility index (Phi) is 6.35. The van der Waals surface area contributed by atoms with Gasteiger partial charge in [-0.2, -0.15) is 4.31 Å². The van der Waals surface area contributed by atoms with Crippen molar-refractivity contribution in [3.63, 3.8) is 0 Å². The van der Waals surface area contributed by atoms with Crippen LogP contribution >= 0.6 is 0 Å². The van der Waals surface area contributed by atoms with E-state index in [2.05, 4.69) is 34.5 Å². The third-order valence-electron chi connectivity index (χ3n) is 4.55. The summed E-state index contributed by atoms with van der Waals surface area (Å²) < 4.78 is 36.6. The van der Waals surface area contributed by atoms with E-state index in [-0.39, 0.29) is 5.75 Å². The van der Waals surface area contributed by atoms with Gasteiger partial charge in [0, 0.05) is 45.4 Å². The molecule has 0 spiro atoms. The molecule has 0 unspecified atom stereocenters. The Labute approximate surface area is 164 Å². The van der Waals surface area contributed by atoms with Gasteiger partial charge in [-0.25, -0.2) is 8.42 Å². The number of nitrogens with one attached hydrogen (secondary N) is 1. The molecule has 1 N–H and O–H groups in total. The smallest absolute Gasteiger partial charge is 0.220 e. The van der Waals surface area contributed by atoms with Gasteiger partial charge in [-0.3, -0.25) is 4.99 Å². The molecule has 11 heteroatoms. The molecule has 3 rings (SSSR count). The van der Waals surface area contributed by atoms with E-state index < -0.39 is 10.0 Å². The highest BCUT2D eigenvalue weighted by molar-refractivity contribution is 7.88. The Bertz CT molecular complexity index is 883. The van der Waals surface area contributed by atoms with E-state index in [0.717, 1.165) is 11.5 Å². The normalized spacial score (nSPS) is 16.7. The van der Waals surface area contributed by atoms with Crippen molar-refractivity contribution in [2.45, 2.75) is 32.1 Å². The van der Waals surface area contributed by atoms with Crippen molar-refractivity contribution in [2.24, 2.45) is 4.99 Å². The van der Waals surface area contributed by atoms with Gasteiger partial charge >= 0.3 is 0 Å². The molecule has 3 heterocycles. The lowest BCUT2D eigenvalue weighted by Crippen LogP contribution is -2.53. The van der Waals surface area contributed by atoms with Crippen molar-refractivity contribution in [3.05, 3.63) is 35.5 Å². The van der Waals surface area contributed by atoms with Gasteiger partial charge in [0.05, 0.1) is 17.9 Å². The van der Waals surface area contributed by atoms with Crippen LogP contribution in [0.15, 0.2) is 32.4 Å². The average Bonchev–Trinajstić information content (AvgIpc) is 3.34. The van der Waals surface area contributed by atoms with Gasteiger partial charge in [0.25, 0.3) is 0 Å². The van der Waals surface area contributed by atoms with Crippen LogP contribution < -0.4 is 5.32 Å². The van der Waals surface area contributed by atoms with Gasteiger partial charge in [0.1, 0.15) is 12.0 Å². The average molecular weight is 411 g/mol. The molecule has 154 valence electrons. The van der Waals surface area contributed by atoms with Gasteiger partial charge in [-0.05, 0) is 5.92 Å². The van der Waals surface area contributed by atoms with E-state index in [9.17, 15) is 8.42 Å². The number of rotatable bonds is 6. The van der Waals surface area contributed by atoms with E-state index in [1.54, 1.807) is 13.1 Å². The first-order valence-corrected chi connectivity index (χ1v) is 10.8. The summed E-state index contributed by atoms with van der Waals surface area (Å²) in [5.41, 5.74) is 1.32. The van der Waals surface area contributed by atoms with Crippen LogP contribution in [0.4, 0.5) is 0 Å².